The minimum atomic E-state index is 0.0249. The molecule has 4 heteroatoms. The van der Waals surface area contributed by atoms with Gasteiger partial charge in [-0.25, -0.2) is 0 Å². The highest BCUT2D eigenvalue weighted by Gasteiger charge is 2.13. The van der Waals surface area contributed by atoms with E-state index in [0.29, 0.717) is 0 Å². The molecule has 2 rings (SSSR count). The second kappa shape index (κ2) is 6.29. The fourth-order valence-electron chi connectivity index (χ4n) is 2.12. The summed E-state index contributed by atoms with van der Waals surface area (Å²) >= 11 is 3.62. The molecule has 0 bridgehead atoms. The van der Waals surface area contributed by atoms with Crippen LogP contribution in [0.4, 0.5) is 11.4 Å². The van der Waals surface area contributed by atoms with Crippen LogP contribution in [0.15, 0.2) is 46.9 Å². The van der Waals surface area contributed by atoms with Crippen LogP contribution in [0.3, 0.4) is 0 Å². The van der Waals surface area contributed by atoms with Crippen molar-refractivity contribution in [3.63, 3.8) is 0 Å². The van der Waals surface area contributed by atoms with Gasteiger partial charge in [0.05, 0.1) is 18.5 Å². The van der Waals surface area contributed by atoms with Crippen LogP contribution in [0, 0.1) is 0 Å². The zero-order valence-electron chi connectivity index (χ0n) is 11.9. The number of hydrogen-bond acceptors (Lipinski definition) is 3. The topological polar surface area (TPSA) is 38.5 Å². The molecule has 1 atom stereocenters. The lowest BCUT2D eigenvalue weighted by molar-refractivity contribution is 0.415. The summed E-state index contributed by atoms with van der Waals surface area (Å²) in [5, 5.41) is 0. The van der Waals surface area contributed by atoms with Crippen LogP contribution >= 0.6 is 15.9 Å². The summed E-state index contributed by atoms with van der Waals surface area (Å²) in [5.74, 6) is 0.846. The predicted molar refractivity (Wildman–Crippen MR) is 87.8 cm³/mol. The van der Waals surface area contributed by atoms with Crippen molar-refractivity contribution in [3.8, 4) is 5.75 Å². The highest BCUT2D eigenvalue weighted by atomic mass is 79.9. The van der Waals surface area contributed by atoms with Gasteiger partial charge in [0.15, 0.2) is 0 Å². The van der Waals surface area contributed by atoms with Gasteiger partial charge in [-0.2, -0.15) is 0 Å². The van der Waals surface area contributed by atoms with E-state index < -0.39 is 0 Å². The molecule has 0 amide bonds. The van der Waals surface area contributed by atoms with Crippen molar-refractivity contribution in [2.75, 3.05) is 19.1 Å². The number of methoxy groups -OCH3 is 1. The van der Waals surface area contributed by atoms with Gasteiger partial charge < -0.3 is 15.4 Å². The van der Waals surface area contributed by atoms with E-state index in [1.165, 1.54) is 0 Å². The summed E-state index contributed by atoms with van der Waals surface area (Å²) in [6.07, 6.45) is 0. The molecular formula is C16H19BrN2O. The first kappa shape index (κ1) is 14.9. The van der Waals surface area contributed by atoms with Crippen LogP contribution < -0.4 is 15.4 Å². The Kier molecular flexibility index (Phi) is 4.68. The first-order valence-corrected chi connectivity index (χ1v) is 7.25. The van der Waals surface area contributed by atoms with Crippen molar-refractivity contribution < 1.29 is 4.74 Å². The summed E-state index contributed by atoms with van der Waals surface area (Å²) in [4.78, 5) is 2.09. The molecule has 2 aromatic carbocycles. The van der Waals surface area contributed by atoms with Crippen molar-refractivity contribution in [2.45, 2.75) is 13.0 Å². The summed E-state index contributed by atoms with van der Waals surface area (Å²) in [6.45, 7) is 1.98. The number of nitrogens with zero attached hydrogens (tertiary/aromatic N) is 1. The van der Waals surface area contributed by atoms with Crippen LogP contribution in [0.25, 0.3) is 0 Å². The number of hydrogen-bond donors (Lipinski definition) is 1. The van der Waals surface area contributed by atoms with Gasteiger partial charge in [-0.3, -0.25) is 0 Å². The molecule has 0 aliphatic carbocycles. The standard InChI is InChI=1S/C16H19BrN2O/c1-11(18)12-8-9-14(13(17)10-12)19(2)15-6-4-5-7-16(15)20-3/h4-11H,18H2,1-3H3/t11-/m0/s1. The highest BCUT2D eigenvalue weighted by molar-refractivity contribution is 9.10. The second-order valence-corrected chi connectivity index (χ2v) is 5.58. The van der Waals surface area contributed by atoms with E-state index >= 15 is 0 Å². The summed E-state index contributed by atoms with van der Waals surface area (Å²) in [6, 6.07) is 14.2. The van der Waals surface area contributed by atoms with Crippen LogP contribution in [-0.4, -0.2) is 14.2 Å². The first-order valence-electron chi connectivity index (χ1n) is 6.46. The molecular weight excluding hydrogens is 316 g/mol. The van der Waals surface area contributed by atoms with Crippen molar-refractivity contribution in [2.24, 2.45) is 5.73 Å². The van der Waals surface area contributed by atoms with Crippen LogP contribution in [0.5, 0.6) is 5.75 Å². The third kappa shape index (κ3) is 2.97. The van der Waals surface area contributed by atoms with Crippen LogP contribution in [0.2, 0.25) is 0 Å². The number of para-hydroxylation sites is 2. The Hall–Kier alpha value is -1.52. The molecule has 106 valence electrons. The Morgan fingerprint density at radius 3 is 2.45 bits per heavy atom. The summed E-state index contributed by atoms with van der Waals surface area (Å²) in [5.41, 5.74) is 9.10. The monoisotopic (exact) mass is 334 g/mol. The molecule has 0 fully saturated rings. The maximum atomic E-state index is 5.91. The van der Waals surface area contributed by atoms with E-state index in [-0.39, 0.29) is 6.04 Å². The van der Waals surface area contributed by atoms with Crippen molar-refractivity contribution >= 4 is 27.3 Å². The number of halogens is 1. The van der Waals surface area contributed by atoms with E-state index in [1.54, 1.807) is 7.11 Å². The maximum absolute atomic E-state index is 5.91. The smallest absolute Gasteiger partial charge is 0.142 e. The fourth-order valence-corrected chi connectivity index (χ4v) is 2.78. The highest BCUT2D eigenvalue weighted by Crippen LogP contribution is 2.36. The normalized spacial score (nSPS) is 12.1. The minimum Gasteiger partial charge on any atom is -0.495 e. The number of nitrogens with two attached hydrogens (primary N) is 1. The Bertz CT molecular complexity index is 599. The van der Waals surface area contributed by atoms with E-state index in [0.717, 1.165) is 27.2 Å². The molecule has 0 aromatic heterocycles. The van der Waals surface area contributed by atoms with Gasteiger partial charge in [0.25, 0.3) is 0 Å². The van der Waals surface area contributed by atoms with E-state index in [4.69, 9.17) is 10.5 Å². The molecule has 0 spiro atoms. The van der Waals surface area contributed by atoms with Crippen molar-refractivity contribution in [1.29, 1.82) is 0 Å². The second-order valence-electron chi connectivity index (χ2n) is 4.73. The molecule has 0 heterocycles. The SMILES string of the molecule is COc1ccccc1N(C)c1ccc([C@H](C)N)cc1Br. The molecule has 0 aliphatic rings. The Balaban J connectivity index is 2.40. The van der Waals surface area contributed by atoms with E-state index in [1.807, 2.05) is 38.2 Å². The number of rotatable bonds is 4. The minimum absolute atomic E-state index is 0.0249. The summed E-state index contributed by atoms with van der Waals surface area (Å²) in [7, 11) is 3.70. The maximum Gasteiger partial charge on any atom is 0.142 e. The van der Waals surface area contributed by atoms with Crippen LogP contribution in [0.1, 0.15) is 18.5 Å². The zero-order valence-corrected chi connectivity index (χ0v) is 13.5. The molecule has 20 heavy (non-hydrogen) atoms. The Morgan fingerprint density at radius 2 is 1.85 bits per heavy atom. The summed E-state index contributed by atoms with van der Waals surface area (Å²) < 4.78 is 6.43. The number of anilines is 2. The largest absolute Gasteiger partial charge is 0.495 e. The van der Waals surface area contributed by atoms with Gasteiger partial charge in [0, 0.05) is 17.6 Å². The van der Waals surface area contributed by atoms with Gasteiger partial charge in [-0.1, -0.05) is 18.2 Å². The van der Waals surface area contributed by atoms with Gasteiger partial charge in [-0.15, -0.1) is 0 Å². The molecule has 0 saturated heterocycles. The molecule has 2 N–H and O–H groups in total. The lowest BCUT2D eigenvalue weighted by Gasteiger charge is -2.23. The number of benzene rings is 2. The molecule has 0 saturated carbocycles. The van der Waals surface area contributed by atoms with Gasteiger partial charge in [0.2, 0.25) is 0 Å². The lowest BCUT2D eigenvalue weighted by Crippen LogP contribution is -2.12. The van der Waals surface area contributed by atoms with Gasteiger partial charge in [0.1, 0.15) is 5.75 Å². The number of ether oxygens (including phenoxy) is 1. The molecule has 0 radical (unpaired) electrons. The third-order valence-electron chi connectivity index (χ3n) is 3.31. The molecule has 0 unspecified atom stereocenters. The molecule has 0 aliphatic heterocycles. The predicted octanol–water partition coefficient (Wildman–Crippen LogP) is 4.25. The van der Waals surface area contributed by atoms with Crippen molar-refractivity contribution in [1.82, 2.24) is 0 Å². The van der Waals surface area contributed by atoms with Gasteiger partial charge >= 0.3 is 0 Å². The van der Waals surface area contributed by atoms with E-state index in [9.17, 15) is 0 Å². The fraction of sp³-hybridized carbons (Fsp3) is 0.250. The van der Waals surface area contributed by atoms with Crippen molar-refractivity contribution in [3.05, 3.63) is 52.5 Å². The average molecular weight is 335 g/mol. The average Bonchev–Trinajstić information content (AvgIpc) is 2.46. The Labute approximate surface area is 128 Å². The zero-order chi connectivity index (χ0) is 14.7. The first-order chi connectivity index (χ1) is 9.54. The quantitative estimate of drug-likeness (QED) is 0.908. The van der Waals surface area contributed by atoms with Gasteiger partial charge in [-0.05, 0) is 52.7 Å². The van der Waals surface area contributed by atoms with Crippen LogP contribution in [-0.2, 0) is 0 Å². The molecule has 3 nitrogen and oxygen atoms in total. The third-order valence-corrected chi connectivity index (χ3v) is 3.94. The Morgan fingerprint density at radius 1 is 1.15 bits per heavy atom. The lowest BCUT2D eigenvalue weighted by atomic mass is 10.1. The molecule has 2 aromatic rings. The van der Waals surface area contributed by atoms with E-state index in [2.05, 4.69) is 39.0 Å².